The second-order valence-electron chi connectivity index (χ2n) is 6.30. The van der Waals surface area contributed by atoms with E-state index in [2.05, 4.69) is 10.5 Å². The molecule has 7 heteroatoms. The molecule has 1 aromatic carbocycles. The van der Waals surface area contributed by atoms with Gasteiger partial charge in [-0.1, -0.05) is 23.4 Å². The summed E-state index contributed by atoms with van der Waals surface area (Å²) in [6, 6.07) is 5.53. The number of nitrogens with zero attached hydrogens (tertiary/aromatic N) is 3. The molecule has 3 rings (SSSR count). The summed E-state index contributed by atoms with van der Waals surface area (Å²) >= 11 is 0. The van der Waals surface area contributed by atoms with Crippen molar-refractivity contribution in [3.63, 3.8) is 0 Å². The first-order valence-electron chi connectivity index (χ1n) is 8.29. The number of rotatable bonds is 2. The monoisotopic (exact) mass is 342 g/mol. The Hall–Kier alpha value is -2.83. The Morgan fingerprint density at radius 2 is 1.72 bits per heavy atom. The minimum absolute atomic E-state index is 0.259. The minimum Gasteiger partial charge on any atom is -0.361 e. The molecule has 132 valence electrons. The molecule has 7 nitrogen and oxygen atoms in total. The van der Waals surface area contributed by atoms with E-state index in [9.17, 15) is 9.59 Å². The number of para-hydroxylation sites is 1. The predicted octanol–water partition coefficient (Wildman–Crippen LogP) is 3.20. The lowest BCUT2D eigenvalue weighted by Crippen LogP contribution is -2.47. The van der Waals surface area contributed by atoms with E-state index >= 15 is 0 Å². The first-order chi connectivity index (χ1) is 11.9. The average Bonchev–Trinajstić information content (AvgIpc) is 3.17. The summed E-state index contributed by atoms with van der Waals surface area (Å²) in [6.07, 6.45) is 0.731. The van der Waals surface area contributed by atoms with Gasteiger partial charge in [0, 0.05) is 18.8 Å². The summed E-state index contributed by atoms with van der Waals surface area (Å²) in [4.78, 5) is 25.6. The van der Waals surface area contributed by atoms with Crippen LogP contribution < -0.4 is 5.32 Å². The number of nitrogens with one attached hydrogen (secondary N) is 1. The highest BCUT2D eigenvalue weighted by molar-refractivity contribution is 5.99. The predicted molar refractivity (Wildman–Crippen MR) is 93.3 cm³/mol. The number of amides is 3. The number of hydrogen-bond donors (Lipinski definition) is 1. The van der Waals surface area contributed by atoms with E-state index in [0.29, 0.717) is 30.1 Å². The molecule has 1 saturated heterocycles. The van der Waals surface area contributed by atoms with Gasteiger partial charge in [-0.25, -0.2) is 14.8 Å². The molecular weight excluding hydrogens is 320 g/mol. The van der Waals surface area contributed by atoms with Gasteiger partial charge < -0.3 is 9.84 Å². The van der Waals surface area contributed by atoms with Crippen LogP contribution in [0.1, 0.15) is 39.4 Å². The molecule has 2 aromatic rings. The Bertz CT molecular complexity index is 788. The molecular formula is C18H22N4O3. The molecule has 2 heterocycles. The summed E-state index contributed by atoms with van der Waals surface area (Å²) < 4.78 is 5.08. The van der Waals surface area contributed by atoms with Crippen LogP contribution in [0.5, 0.6) is 0 Å². The topological polar surface area (TPSA) is 78.7 Å². The maximum atomic E-state index is 12.9. The average molecular weight is 342 g/mol. The van der Waals surface area contributed by atoms with Crippen LogP contribution in [-0.2, 0) is 0 Å². The van der Waals surface area contributed by atoms with E-state index in [0.717, 1.165) is 23.2 Å². The number of benzene rings is 1. The molecule has 0 saturated carbocycles. The smallest absolute Gasteiger partial charge is 0.340 e. The maximum Gasteiger partial charge on any atom is 0.340 e. The van der Waals surface area contributed by atoms with Gasteiger partial charge in [-0.05, 0) is 45.2 Å². The van der Waals surface area contributed by atoms with Gasteiger partial charge in [-0.15, -0.1) is 0 Å². The van der Waals surface area contributed by atoms with Crippen LogP contribution >= 0.6 is 0 Å². The van der Waals surface area contributed by atoms with Gasteiger partial charge in [0.15, 0.2) is 0 Å². The number of urea groups is 1. The molecule has 0 spiro atoms. The number of carbonyl (C=O) groups excluding carboxylic acids is 2. The Labute approximate surface area is 146 Å². The first-order valence-corrected chi connectivity index (χ1v) is 8.29. The number of hydrazine groups is 1. The summed E-state index contributed by atoms with van der Waals surface area (Å²) in [5, 5.41) is 9.69. The van der Waals surface area contributed by atoms with E-state index in [1.54, 1.807) is 13.8 Å². The lowest BCUT2D eigenvalue weighted by Gasteiger charge is -2.28. The molecule has 0 bridgehead atoms. The van der Waals surface area contributed by atoms with Crippen LogP contribution in [0.25, 0.3) is 0 Å². The highest BCUT2D eigenvalue weighted by Gasteiger charge is 2.34. The van der Waals surface area contributed by atoms with Crippen molar-refractivity contribution >= 4 is 17.6 Å². The third-order valence-electron chi connectivity index (χ3n) is 4.46. The molecule has 1 aromatic heterocycles. The van der Waals surface area contributed by atoms with Crippen molar-refractivity contribution in [3.8, 4) is 0 Å². The minimum atomic E-state index is -0.310. The fourth-order valence-electron chi connectivity index (χ4n) is 3.13. The fraction of sp³-hybridized carbons (Fsp3) is 0.389. The van der Waals surface area contributed by atoms with Crippen molar-refractivity contribution in [2.24, 2.45) is 0 Å². The van der Waals surface area contributed by atoms with Gasteiger partial charge >= 0.3 is 6.03 Å². The van der Waals surface area contributed by atoms with E-state index in [-0.39, 0.29) is 11.9 Å². The zero-order chi connectivity index (χ0) is 18.1. The third kappa shape index (κ3) is 3.09. The van der Waals surface area contributed by atoms with Crippen LogP contribution in [0.3, 0.4) is 0 Å². The van der Waals surface area contributed by atoms with Gasteiger partial charge in [0.2, 0.25) is 0 Å². The molecule has 25 heavy (non-hydrogen) atoms. The summed E-state index contributed by atoms with van der Waals surface area (Å²) in [5.74, 6) is 0.204. The van der Waals surface area contributed by atoms with Crippen LogP contribution in [0.15, 0.2) is 22.7 Å². The van der Waals surface area contributed by atoms with Gasteiger partial charge in [-0.3, -0.25) is 4.79 Å². The lowest BCUT2D eigenvalue weighted by atomic mass is 10.1. The molecule has 0 atom stereocenters. The van der Waals surface area contributed by atoms with Crippen molar-refractivity contribution < 1.29 is 14.1 Å². The largest absolute Gasteiger partial charge is 0.361 e. The van der Waals surface area contributed by atoms with Gasteiger partial charge in [-0.2, -0.15) is 0 Å². The van der Waals surface area contributed by atoms with Crippen molar-refractivity contribution in [2.45, 2.75) is 34.1 Å². The van der Waals surface area contributed by atoms with Crippen molar-refractivity contribution in [2.75, 3.05) is 18.4 Å². The quantitative estimate of drug-likeness (QED) is 0.909. The standard InChI is InChI=1S/C18H22N4O3/c1-11-7-5-8-12(2)16(11)19-18(24)22-10-6-9-21(22)17(23)15-13(3)20-25-14(15)4/h5,7-8H,6,9-10H2,1-4H3,(H,19,24). The zero-order valence-corrected chi connectivity index (χ0v) is 14.9. The Morgan fingerprint density at radius 3 is 2.32 bits per heavy atom. The van der Waals surface area contributed by atoms with E-state index in [1.807, 2.05) is 32.0 Å². The first kappa shape index (κ1) is 17.0. The fourth-order valence-corrected chi connectivity index (χ4v) is 3.13. The van der Waals surface area contributed by atoms with Crippen molar-refractivity contribution in [1.29, 1.82) is 0 Å². The normalized spacial score (nSPS) is 14.1. The Balaban J connectivity index is 1.82. The van der Waals surface area contributed by atoms with Crippen LogP contribution in [0.4, 0.5) is 10.5 Å². The van der Waals surface area contributed by atoms with Gasteiger partial charge in [0.05, 0.1) is 5.69 Å². The number of carbonyl (C=O) groups is 2. The summed E-state index contributed by atoms with van der Waals surface area (Å²) in [6.45, 7) is 8.29. The van der Waals surface area contributed by atoms with Crippen LogP contribution in [-0.4, -0.2) is 40.2 Å². The van der Waals surface area contributed by atoms with Gasteiger partial charge in [0.25, 0.3) is 5.91 Å². The highest BCUT2D eigenvalue weighted by Crippen LogP contribution is 2.23. The van der Waals surface area contributed by atoms with E-state index < -0.39 is 0 Å². The van der Waals surface area contributed by atoms with Crippen LogP contribution in [0.2, 0.25) is 0 Å². The summed E-state index contributed by atoms with van der Waals surface area (Å²) in [5.41, 5.74) is 3.70. The SMILES string of the molecule is Cc1cccc(C)c1NC(=O)N1CCCN1C(=O)c1c(C)noc1C. The summed E-state index contributed by atoms with van der Waals surface area (Å²) in [7, 11) is 0. The number of hydrogen-bond acceptors (Lipinski definition) is 4. The van der Waals surface area contributed by atoms with Gasteiger partial charge in [0.1, 0.15) is 11.3 Å². The molecule has 0 unspecified atom stereocenters. The number of aromatic nitrogens is 1. The molecule has 1 aliphatic rings. The highest BCUT2D eigenvalue weighted by atomic mass is 16.5. The molecule has 0 radical (unpaired) electrons. The van der Waals surface area contributed by atoms with Crippen molar-refractivity contribution in [3.05, 3.63) is 46.3 Å². The molecule has 3 amide bonds. The second-order valence-corrected chi connectivity index (χ2v) is 6.30. The second kappa shape index (κ2) is 6.58. The number of anilines is 1. The molecule has 1 fully saturated rings. The van der Waals surface area contributed by atoms with E-state index in [1.165, 1.54) is 10.0 Å². The van der Waals surface area contributed by atoms with E-state index in [4.69, 9.17) is 4.52 Å². The van der Waals surface area contributed by atoms with Crippen LogP contribution in [0, 0.1) is 27.7 Å². The maximum absolute atomic E-state index is 12.9. The van der Waals surface area contributed by atoms with Crippen molar-refractivity contribution in [1.82, 2.24) is 15.2 Å². The Morgan fingerprint density at radius 1 is 1.08 bits per heavy atom. The number of aryl methyl sites for hydroxylation is 4. The molecule has 1 N–H and O–H groups in total. The molecule has 0 aliphatic carbocycles. The lowest BCUT2D eigenvalue weighted by molar-refractivity contribution is 0.0402. The zero-order valence-electron chi connectivity index (χ0n) is 14.9. The Kier molecular flexibility index (Phi) is 4.48. The molecule has 1 aliphatic heterocycles. The third-order valence-corrected chi connectivity index (χ3v) is 4.46.